The molecule has 11 heteroatoms. The summed E-state index contributed by atoms with van der Waals surface area (Å²) in [6.07, 6.45) is 3.00. The van der Waals surface area contributed by atoms with E-state index >= 15 is 0 Å². The van der Waals surface area contributed by atoms with E-state index in [1.807, 2.05) is 19.9 Å². The summed E-state index contributed by atoms with van der Waals surface area (Å²) < 4.78 is 24.4. The number of halogens is 2. The van der Waals surface area contributed by atoms with Gasteiger partial charge in [0.1, 0.15) is 17.2 Å². The van der Waals surface area contributed by atoms with Gasteiger partial charge in [0.2, 0.25) is 0 Å². The number of morpholine rings is 1. The number of aryl methyl sites for hydroxylation is 1. The fraction of sp³-hybridized carbons (Fsp3) is 0.353. The van der Waals surface area contributed by atoms with Crippen molar-refractivity contribution in [2.75, 3.05) is 51.2 Å². The van der Waals surface area contributed by atoms with Crippen LogP contribution in [-0.2, 0) is 11.3 Å². The largest absolute Gasteiger partial charge is 0.496 e. The van der Waals surface area contributed by atoms with Crippen molar-refractivity contribution in [3.63, 3.8) is 0 Å². The molecule has 2 saturated heterocycles. The fourth-order valence-corrected chi connectivity index (χ4v) is 6.98. The summed E-state index contributed by atoms with van der Waals surface area (Å²) in [5.74, 6) is 7.43. The van der Waals surface area contributed by atoms with Crippen LogP contribution in [0.2, 0.25) is 10.0 Å². The van der Waals surface area contributed by atoms with Crippen LogP contribution in [0.3, 0.4) is 0 Å². The molecule has 45 heavy (non-hydrogen) atoms. The van der Waals surface area contributed by atoms with Crippen molar-refractivity contribution in [3.05, 3.63) is 56.9 Å². The van der Waals surface area contributed by atoms with E-state index in [9.17, 15) is 4.79 Å². The lowest BCUT2D eigenvalue weighted by molar-refractivity contribution is 0.0991. The Kier molecular flexibility index (Phi) is 8.74. The van der Waals surface area contributed by atoms with E-state index in [2.05, 4.69) is 34.2 Å². The van der Waals surface area contributed by atoms with Crippen molar-refractivity contribution < 1.29 is 18.9 Å². The van der Waals surface area contributed by atoms with Gasteiger partial charge in [0.15, 0.2) is 0 Å². The maximum Gasteiger partial charge on any atom is 0.259 e. The molecule has 0 spiro atoms. The Morgan fingerprint density at radius 2 is 1.76 bits per heavy atom. The molecule has 0 unspecified atom stereocenters. The van der Waals surface area contributed by atoms with E-state index in [4.69, 9.17) is 47.1 Å². The summed E-state index contributed by atoms with van der Waals surface area (Å²) in [6.45, 7) is 6.18. The second kappa shape index (κ2) is 12.7. The van der Waals surface area contributed by atoms with Gasteiger partial charge in [-0.2, -0.15) is 0 Å². The number of aromatic nitrogens is 2. The molecule has 2 atom stereocenters. The fourth-order valence-electron chi connectivity index (χ4n) is 6.27. The highest BCUT2D eigenvalue weighted by Crippen LogP contribution is 2.46. The minimum absolute atomic E-state index is 0.224. The minimum Gasteiger partial charge on any atom is -0.496 e. The van der Waals surface area contributed by atoms with Gasteiger partial charge in [-0.25, -0.2) is 0 Å². The smallest absolute Gasteiger partial charge is 0.259 e. The quantitative estimate of drug-likeness (QED) is 0.206. The Labute approximate surface area is 272 Å². The number of hydrogen-bond donors (Lipinski definition) is 1. The summed E-state index contributed by atoms with van der Waals surface area (Å²) in [4.78, 5) is 21.3. The second-order valence-corrected chi connectivity index (χ2v) is 11.6. The van der Waals surface area contributed by atoms with Gasteiger partial charge in [-0.1, -0.05) is 29.1 Å². The summed E-state index contributed by atoms with van der Waals surface area (Å²) in [5, 5.41) is 4.68. The SMILES string of the molecule is CC#CCNc1cc(-c2cc3c(cn2)cc(-c2c(Cl)c(OC)cc(OC)c2Cl)c(=O)n3CC)c(OC)cc1N1C[C@@H]2C[C@H]1CO2. The van der Waals surface area contributed by atoms with Gasteiger partial charge in [0.25, 0.3) is 5.56 Å². The molecule has 2 aromatic carbocycles. The molecule has 234 valence electrons. The molecule has 1 N–H and O–H groups in total. The van der Waals surface area contributed by atoms with E-state index in [0.717, 1.165) is 35.3 Å². The average Bonchev–Trinajstić information content (AvgIpc) is 3.69. The molecule has 0 aliphatic carbocycles. The molecule has 4 aromatic rings. The molecule has 2 aliphatic heterocycles. The van der Waals surface area contributed by atoms with Crippen LogP contribution in [0.5, 0.6) is 17.2 Å². The normalized spacial score (nSPS) is 16.9. The molecule has 9 nitrogen and oxygen atoms in total. The third-order valence-corrected chi connectivity index (χ3v) is 9.24. The number of nitrogens with zero attached hydrogens (tertiary/aromatic N) is 3. The number of fused-ring (bicyclic) bond motifs is 3. The van der Waals surface area contributed by atoms with Crippen molar-refractivity contribution in [2.45, 2.75) is 39.0 Å². The number of anilines is 2. The lowest BCUT2D eigenvalue weighted by Gasteiger charge is -2.31. The Balaban J connectivity index is 1.50. The maximum atomic E-state index is 14.0. The minimum atomic E-state index is -0.254. The summed E-state index contributed by atoms with van der Waals surface area (Å²) in [7, 11) is 4.65. The molecule has 4 heterocycles. The third-order valence-electron chi connectivity index (χ3n) is 8.48. The predicted octanol–water partition coefficient (Wildman–Crippen LogP) is 6.50. The lowest BCUT2D eigenvalue weighted by Crippen LogP contribution is -2.37. The maximum absolute atomic E-state index is 14.0. The number of benzene rings is 2. The number of nitrogens with one attached hydrogen (secondary N) is 1. The zero-order valence-corrected chi connectivity index (χ0v) is 27.3. The number of rotatable bonds is 9. The van der Waals surface area contributed by atoms with Gasteiger partial charge in [-0.15, -0.1) is 5.92 Å². The number of pyridine rings is 2. The second-order valence-electron chi connectivity index (χ2n) is 10.9. The first kappa shape index (κ1) is 30.9. The molecular formula is C34H34Cl2N4O5. The van der Waals surface area contributed by atoms with Gasteiger partial charge < -0.3 is 33.7 Å². The van der Waals surface area contributed by atoms with Gasteiger partial charge in [-0.05, 0) is 38.5 Å². The zero-order chi connectivity index (χ0) is 31.8. The highest BCUT2D eigenvalue weighted by molar-refractivity contribution is 6.41. The number of methoxy groups -OCH3 is 3. The first-order chi connectivity index (χ1) is 21.8. The number of hydrogen-bond acceptors (Lipinski definition) is 8. The molecule has 2 bridgehead atoms. The first-order valence-corrected chi connectivity index (χ1v) is 15.5. The van der Waals surface area contributed by atoms with E-state index in [-0.39, 0.29) is 21.7 Å². The highest BCUT2D eigenvalue weighted by Gasteiger charge is 2.40. The monoisotopic (exact) mass is 648 g/mol. The van der Waals surface area contributed by atoms with E-state index in [0.29, 0.717) is 65.3 Å². The first-order valence-electron chi connectivity index (χ1n) is 14.7. The molecule has 2 aromatic heterocycles. The third kappa shape index (κ3) is 5.41. The number of ether oxygens (including phenoxy) is 4. The Bertz CT molecular complexity index is 1890. The Hall–Kier alpha value is -4.10. The van der Waals surface area contributed by atoms with Crippen LogP contribution >= 0.6 is 23.2 Å². The topological polar surface area (TPSA) is 87.1 Å². The van der Waals surface area contributed by atoms with Crippen LogP contribution in [-0.4, -0.2) is 62.7 Å². The van der Waals surface area contributed by atoms with Crippen LogP contribution in [0.25, 0.3) is 33.3 Å². The summed E-state index contributed by atoms with van der Waals surface area (Å²) in [5.41, 5.74) is 4.55. The zero-order valence-electron chi connectivity index (χ0n) is 25.8. The average molecular weight is 650 g/mol. The van der Waals surface area contributed by atoms with Gasteiger partial charge in [-0.3, -0.25) is 9.78 Å². The molecule has 0 radical (unpaired) electrons. The van der Waals surface area contributed by atoms with Crippen LogP contribution < -0.4 is 30.0 Å². The molecule has 2 fully saturated rings. The Morgan fingerprint density at radius 1 is 1.02 bits per heavy atom. The molecule has 0 saturated carbocycles. The Morgan fingerprint density at radius 3 is 2.36 bits per heavy atom. The van der Waals surface area contributed by atoms with Crippen LogP contribution in [0.1, 0.15) is 20.3 Å². The van der Waals surface area contributed by atoms with Crippen molar-refractivity contribution in [2.24, 2.45) is 0 Å². The van der Waals surface area contributed by atoms with E-state index in [1.165, 1.54) is 14.2 Å². The van der Waals surface area contributed by atoms with Crippen LogP contribution in [0, 0.1) is 11.8 Å². The molecular weight excluding hydrogens is 615 g/mol. The summed E-state index contributed by atoms with van der Waals surface area (Å²) in [6, 6.07) is 9.70. The van der Waals surface area contributed by atoms with Gasteiger partial charge in [0.05, 0.1) is 84.8 Å². The molecule has 6 rings (SSSR count). The van der Waals surface area contributed by atoms with Crippen LogP contribution in [0.4, 0.5) is 11.4 Å². The van der Waals surface area contributed by atoms with Crippen LogP contribution in [0.15, 0.2) is 41.3 Å². The van der Waals surface area contributed by atoms with Gasteiger partial charge in [0, 0.05) is 47.9 Å². The predicted molar refractivity (Wildman–Crippen MR) is 180 cm³/mol. The van der Waals surface area contributed by atoms with Crippen molar-refractivity contribution in [3.8, 4) is 51.5 Å². The standard InChI is InChI=1S/C34H34Cl2N4O5/c1-6-8-9-37-25-12-22(28(42-3)14-27(25)40-17-21-11-20(40)18-45-21)24-13-26-19(16-38-24)10-23(34(41)39(26)7-2)31-32(35)29(43-4)15-30(44-5)33(31)36/h10,12-16,20-21,37H,7,9,11,17-18H2,1-5H3/t20-,21-/m0/s1. The molecule has 0 amide bonds. The van der Waals surface area contributed by atoms with Gasteiger partial charge >= 0.3 is 0 Å². The molecule has 2 aliphatic rings. The van der Waals surface area contributed by atoms with Crippen molar-refractivity contribution in [1.82, 2.24) is 9.55 Å². The highest BCUT2D eigenvalue weighted by atomic mass is 35.5. The van der Waals surface area contributed by atoms with Crippen molar-refractivity contribution >= 4 is 45.5 Å². The lowest BCUT2D eigenvalue weighted by atomic mass is 10.0. The summed E-state index contributed by atoms with van der Waals surface area (Å²) >= 11 is 13.4. The van der Waals surface area contributed by atoms with Crippen molar-refractivity contribution in [1.29, 1.82) is 0 Å². The van der Waals surface area contributed by atoms with E-state index < -0.39 is 0 Å². The van der Waals surface area contributed by atoms with E-state index in [1.54, 1.807) is 30.0 Å².